The zero-order valence-corrected chi connectivity index (χ0v) is 13.6. The van der Waals surface area contributed by atoms with Crippen LogP contribution in [0.25, 0.3) is 0 Å². The van der Waals surface area contributed by atoms with Gasteiger partial charge in [0.25, 0.3) is 0 Å². The van der Waals surface area contributed by atoms with E-state index < -0.39 is 0 Å². The van der Waals surface area contributed by atoms with E-state index in [4.69, 9.17) is 0 Å². The molecule has 2 aliphatic heterocycles. The summed E-state index contributed by atoms with van der Waals surface area (Å²) in [6, 6.07) is 0.349. The number of anilines is 1. The van der Waals surface area contributed by atoms with E-state index >= 15 is 0 Å². The van der Waals surface area contributed by atoms with Gasteiger partial charge in [0.2, 0.25) is 5.91 Å². The molecule has 2 fully saturated rings. The summed E-state index contributed by atoms with van der Waals surface area (Å²) in [5.74, 6) is 1.75. The fourth-order valence-corrected chi connectivity index (χ4v) is 3.97. The number of aromatic amines is 1. The Morgan fingerprint density at radius 1 is 1.21 bits per heavy atom. The molecule has 2 aromatic rings. The largest absolute Gasteiger partial charge is 0.355 e. The number of nitrogens with zero attached hydrogens (tertiary/aromatic N) is 5. The summed E-state index contributed by atoms with van der Waals surface area (Å²) >= 11 is 0. The van der Waals surface area contributed by atoms with Crippen molar-refractivity contribution in [3.05, 3.63) is 36.8 Å². The van der Waals surface area contributed by atoms with Crippen molar-refractivity contribution in [1.82, 2.24) is 24.8 Å². The molecule has 2 aromatic heterocycles. The van der Waals surface area contributed by atoms with Crippen LogP contribution in [-0.4, -0.2) is 56.4 Å². The fraction of sp³-hybridized carbons (Fsp3) is 0.529. The number of fused-ring (bicyclic) bond motifs is 1. The van der Waals surface area contributed by atoms with E-state index in [0.29, 0.717) is 24.3 Å². The van der Waals surface area contributed by atoms with E-state index in [9.17, 15) is 4.79 Å². The zero-order valence-electron chi connectivity index (χ0n) is 13.6. The lowest BCUT2D eigenvalue weighted by Crippen LogP contribution is -2.56. The van der Waals surface area contributed by atoms with Gasteiger partial charge in [0, 0.05) is 62.8 Å². The lowest BCUT2D eigenvalue weighted by atomic mass is 9.83. The van der Waals surface area contributed by atoms with Gasteiger partial charge < -0.3 is 14.8 Å². The molecule has 0 radical (unpaired) electrons. The minimum absolute atomic E-state index is 0.295. The lowest BCUT2D eigenvalue weighted by Gasteiger charge is -2.47. The second-order valence-corrected chi connectivity index (χ2v) is 6.58. The van der Waals surface area contributed by atoms with Crippen molar-refractivity contribution >= 4 is 11.7 Å². The first-order chi connectivity index (χ1) is 11.8. The summed E-state index contributed by atoms with van der Waals surface area (Å²) in [6.07, 6.45) is 12.2. The highest BCUT2D eigenvalue weighted by Gasteiger charge is 2.39. The average Bonchev–Trinajstić information content (AvgIpc) is 3.15. The number of carbonyl (C=O) groups excluding carboxylic acids is 1. The summed E-state index contributed by atoms with van der Waals surface area (Å²) in [4.78, 5) is 32.6. The number of piperidine rings is 2. The lowest BCUT2D eigenvalue weighted by molar-refractivity contribution is -0.139. The third-order valence-corrected chi connectivity index (χ3v) is 5.19. The van der Waals surface area contributed by atoms with Gasteiger partial charge in [0.15, 0.2) is 0 Å². The van der Waals surface area contributed by atoms with E-state index in [1.54, 1.807) is 18.7 Å². The first kappa shape index (κ1) is 15.1. The zero-order chi connectivity index (χ0) is 16.4. The Labute approximate surface area is 141 Å². The molecule has 126 valence electrons. The number of hydrogen-bond acceptors (Lipinski definition) is 5. The van der Waals surface area contributed by atoms with Gasteiger partial charge >= 0.3 is 0 Å². The van der Waals surface area contributed by atoms with Crippen LogP contribution in [0.15, 0.2) is 31.1 Å². The van der Waals surface area contributed by atoms with Gasteiger partial charge in [-0.15, -0.1) is 0 Å². The first-order valence-corrected chi connectivity index (χ1v) is 8.59. The van der Waals surface area contributed by atoms with E-state index in [1.807, 2.05) is 12.4 Å². The predicted octanol–water partition coefficient (Wildman–Crippen LogP) is 1.26. The van der Waals surface area contributed by atoms with Crippen molar-refractivity contribution in [1.29, 1.82) is 0 Å². The molecule has 1 amide bonds. The average molecular weight is 326 g/mol. The molecule has 1 N–H and O–H groups in total. The van der Waals surface area contributed by atoms with Crippen LogP contribution in [0.4, 0.5) is 5.82 Å². The monoisotopic (exact) mass is 326 g/mol. The maximum Gasteiger partial charge on any atom is 0.222 e. The van der Waals surface area contributed by atoms with Crippen molar-refractivity contribution in [2.45, 2.75) is 31.7 Å². The number of likely N-dealkylation sites (tertiary alicyclic amines) is 1. The normalized spacial score (nSPS) is 24.1. The van der Waals surface area contributed by atoms with Gasteiger partial charge in [0.05, 0.1) is 12.5 Å². The highest BCUT2D eigenvalue weighted by Crippen LogP contribution is 2.32. The van der Waals surface area contributed by atoms with E-state index in [1.165, 1.54) is 0 Å². The minimum atomic E-state index is 0.295. The molecule has 7 nitrogen and oxygen atoms in total. The molecule has 4 heterocycles. The van der Waals surface area contributed by atoms with Crippen molar-refractivity contribution in [2.75, 3.05) is 24.5 Å². The number of amides is 1. The van der Waals surface area contributed by atoms with Gasteiger partial charge in [-0.3, -0.25) is 9.78 Å². The van der Waals surface area contributed by atoms with E-state index in [0.717, 1.165) is 50.4 Å². The van der Waals surface area contributed by atoms with Crippen LogP contribution in [-0.2, 0) is 11.2 Å². The highest BCUT2D eigenvalue weighted by molar-refractivity contribution is 5.77. The maximum absolute atomic E-state index is 12.4. The SMILES string of the molecule is O=C1CC[C@@H]2CN(c3cnccn3)CC[C@@H]2N1CCc1cnc[nH]1. The van der Waals surface area contributed by atoms with Crippen LogP contribution >= 0.6 is 0 Å². The van der Waals surface area contributed by atoms with Gasteiger partial charge in [-0.1, -0.05) is 0 Å². The smallest absolute Gasteiger partial charge is 0.222 e. The molecule has 0 aromatic carbocycles. The number of rotatable bonds is 4. The van der Waals surface area contributed by atoms with Gasteiger partial charge in [0.1, 0.15) is 5.82 Å². The van der Waals surface area contributed by atoms with Crippen LogP contribution in [0.1, 0.15) is 25.0 Å². The molecule has 4 rings (SSSR count). The summed E-state index contributed by atoms with van der Waals surface area (Å²) in [7, 11) is 0. The third-order valence-electron chi connectivity index (χ3n) is 5.19. The number of carbonyl (C=O) groups is 1. The second kappa shape index (κ2) is 6.59. The number of nitrogens with one attached hydrogen (secondary N) is 1. The Balaban J connectivity index is 1.43. The Hall–Kier alpha value is -2.44. The molecule has 0 aliphatic carbocycles. The molecule has 24 heavy (non-hydrogen) atoms. The van der Waals surface area contributed by atoms with E-state index in [-0.39, 0.29) is 0 Å². The highest BCUT2D eigenvalue weighted by atomic mass is 16.2. The predicted molar refractivity (Wildman–Crippen MR) is 89.4 cm³/mol. The number of hydrogen-bond donors (Lipinski definition) is 1. The summed E-state index contributed by atoms with van der Waals surface area (Å²) in [6.45, 7) is 2.65. The fourth-order valence-electron chi connectivity index (χ4n) is 3.97. The van der Waals surface area contributed by atoms with Crippen LogP contribution in [0.5, 0.6) is 0 Å². The molecule has 2 atom stereocenters. The second-order valence-electron chi connectivity index (χ2n) is 6.58. The number of H-pyrrole nitrogens is 1. The molecule has 2 saturated heterocycles. The summed E-state index contributed by atoms with van der Waals surface area (Å²) < 4.78 is 0. The topological polar surface area (TPSA) is 78.0 Å². The quantitative estimate of drug-likeness (QED) is 0.915. The molecular formula is C17H22N6O. The Kier molecular flexibility index (Phi) is 4.15. The van der Waals surface area contributed by atoms with Crippen molar-refractivity contribution in [3.8, 4) is 0 Å². The Morgan fingerprint density at radius 3 is 2.96 bits per heavy atom. The standard InChI is InChI=1S/C17H22N6O/c24-17-2-1-13-11-22(16-10-18-5-6-20-16)7-4-15(13)23(17)8-3-14-9-19-12-21-14/h5-6,9-10,12-13,15H,1-4,7-8,11H2,(H,19,21)/t13-,15+/m1/s1. The van der Waals surface area contributed by atoms with Crippen LogP contribution in [0.2, 0.25) is 0 Å². The first-order valence-electron chi connectivity index (χ1n) is 8.59. The number of aromatic nitrogens is 4. The van der Waals surface area contributed by atoms with Crippen molar-refractivity contribution in [2.24, 2.45) is 5.92 Å². The van der Waals surface area contributed by atoms with Crippen molar-refractivity contribution < 1.29 is 4.79 Å². The van der Waals surface area contributed by atoms with Crippen LogP contribution in [0.3, 0.4) is 0 Å². The van der Waals surface area contributed by atoms with Gasteiger partial charge in [-0.05, 0) is 18.8 Å². The number of imidazole rings is 1. The molecular weight excluding hydrogens is 304 g/mol. The molecule has 0 saturated carbocycles. The Bertz CT molecular complexity index is 674. The van der Waals surface area contributed by atoms with Gasteiger partial charge in [-0.2, -0.15) is 0 Å². The maximum atomic E-state index is 12.4. The Morgan fingerprint density at radius 2 is 2.17 bits per heavy atom. The van der Waals surface area contributed by atoms with Crippen LogP contribution in [0, 0.1) is 5.92 Å². The van der Waals surface area contributed by atoms with Crippen molar-refractivity contribution in [3.63, 3.8) is 0 Å². The molecule has 7 heteroatoms. The van der Waals surface area contributed by atoms with Gasteiger partial charge in [-0.25, -0.2) is 9.97 Å². The van der Waals surface area contributed by atoms with Crippen LogP contribution < -0.4 is 4.90 Å². The molecule has 0 unspecified atom stereocenters. The molecule has 0 spiro atoms. The molecule has 0 bridgehead atoms. The molecule has 2 aliphatic rings. The summed E-state index contributed by atoms with van der Waals surface area (Å²) in [5.41, 5.74) is 1.09. The van der Waals surface area contributed by atoms with E-state index in [2.05, 4.69) is 29.7 Å². The summed E-state index contributed by atoms with van der Waals surface area (Å²) in [5, 5.41) is 0. The minimum Gasteiger partial charge on any atom is -0.355 e. The third kappa shape index (κ3) is 2.98.